The van der Waals surface area contributed by atoms with E-state index in [1.165, 1.54) is 39.0 Å². The van der Waals surface area contributed by atoms with E-state index in [2.05, 4.69) is 85.3 Å². The Morgan fingerprint density at radius 1 is 0.879 bits per heavy atom. The summed E-state index contributed by atoms with van der Waals surface area (Å²) in [5.41, 5.74) is 9.03. The quantitative estimate of drug-likeness (QED) is 0.198. The molecule has 1 aliphatic rings. The summed E-state index contributed by atoms with van der Waals surface area (Å²) in [4.78, 5) is 0. The van der Waals surface area contributed by atoms with Crippen LogP contribution in [-0.2, 0) is 19.4 Å². The largest absolute Gasteiger partial charge is 0.295 e. The Bertz CT molecular complexity index is 1630. The summed E-state index contributed by atoms with van der Waals surface area (Å²) in [5.74, 6) is 1.08. The molecule has 0 fully saturated rings. The number of hydrogen-bond acceptors (Lipinski definition) is 0. The molecule has 1 aliphatic heterocycles. The van der Waals surface area contributed by atoms with Crippen LogP contribution < -0.4 is 4.57 Å². The van der Waals surface area contributed by atoms with Crippen molar-refractivity contribution in [3.63, 3.8) is 0 Å². The van der Waals surface area contributed by atoms with E-state index in [9.17, 15) is 0 Å². The Morgan fingerprint density at radius 2 is 1.58 bits per heavy atom. The number of hydrogen-bond donors (Lipinski definition) is 0. The average Bonchev–Trinajstić information content (AvgIpc) is 3.34. The lowest BCUT2D eigenvalue weighted by atomic mass is 9.89. The van der Waals surface area contributed by atoms with Gasteiger partial charge in [-0.2, -0.15) is 4.40 Å². The van der Waals surface area contributed by atoms with E-state index in [0.717, 1.165) is 35.7 Å². The van der Waals surface area contributed by atoms with Crippen LogP contribution >= 0.6 is 0 Å². The summed E-state index contributed by atoms with van der Waals surface area (Å²) < 4.78 is 29.7. The lowest BCUT2D eigenvalue weighted by molar-refractivity contribution is -0.657. The van der Waals surface area contributed by atoms with Crippen molar-refractivity contribution in [2.75, 3.05) is 0 Å². The zero-order valence-corrected chi connectivity index (χ0v) is 19.9. The Balaban J connectivity index is 1.81. The van der Waals surface area contributed by atoms with E-state index in [1.807, 2.05) is 6.07 Å². The third kappa shape index (κ3) is 3.04. The topological polar surface area (TPSA) is 8.29 Å². The molecular formula is C31H33N2+. The van der Waals surface area contributed by atoms with Crippen LogP contribution in [0.1, 0.15) is 54.1 Å². The second kappa shape index (κ2) is 7.45. The minimum Gasteiger partial charge on any atom is -0.225 e. The van der Waals surface area contributed by atoms with E-state index in [4.69, 9.17) is 4.11 Å². The van der Waals surface area contributed by atoms with Crippen LogP contribution in [0, 0.1) is 18.7 Å². The van der Waals surface area contributed by atoms with Crippen LogP contribution in [0.5, 0.6) is 0 Å². The number of rotatable bonds is 5. The third-order valence-electron chi connectivity index (χ3n) is 7.02. The van der Waals surface area contributed by atoms with Crippen LogP contribution in [-0.4, -0.2) is 4.40 Å². The molecule has 0 amide bonds. The number of fused-ring (bicyclic) bond motifs is 3. The maximum Gasteiger partial charge on any atom is 0.295 e. The minimum absolute atomic E-state index is 0.426. The maximum atomic E-state index is 8.33. The molecule has 0 radical (unpaired) electrons. The number of aryl methyl sites for hydroxylation is 1. The standard InChI is InChI=1S/C31H33N2/c1-19(2)15-22-10-7-11-23(16-20(3)4)29(22)27-18-32-17-24-12-8-13-25-28-21(5)9-6-14-26(28)33(27)31(32)30(24)25/h6-14,18-20H,15-17H2,1-5H3/q+1/i5D3. The predicted molar refractivity (Wildman–Crippen MR) is 139 cm³/mol. The van der Waals surface area contributed by atoms with Crippen molar-refractivity contribution >= 4 is 27.3 Å². The van der Waals surface area contributed by atoms with Crippen molar-refractivity contribution in [3.8, 4) is 11.3 Å². The number of aromatic nitrogens is 2. The molecule has 0 spiro atoms. The van der Waals surface area contributed by atoms with E-state index in [0.29, 0.717) is 17.4 Å². The number of pyridine rings is 1. The first-order valence-electron chi connectivity index (χ1n) is 13.7. The molecule has 0 saturated carbocycles. The highest BCUT2D eigenvalue weighted by Gasteiger charge is 2.32. The summed E-state index contributed by atoms with van der Waals surface area (Å²) in [6, 6.07) is 18.9. The van der Waals surface area contributed by atoms with Crippen LogP contribution in [0.2, 0.25) is 0 Å². The molecule has 0 bridgehead atoms. The Morgan fingerprint density at radius 3 is 2.27 bits per heavy atom. The van der Waals surface area contributed by atoms with Gasteiger partial charge in [0, 0.05) is 26.0 Å². The molecule has 166 valence electrons. The molecule has 2 aromatic heterocycles. The lowest BCUT2D eigenvalue weighted by Crippen LogP contribution is -2.28. The fourth-order valence-corrected chi connectivity index (χ4v) is 5.90. The van der Waals surface area contributed by atoms with Gasteiger partial charge in [-0.05, 0) is 54.3 Å². The lowest BCUT2D eigenvalue weighted by Gasteiger charge is -2.16. The highest BCUT2D eigenvalue weighted by molar-refractivity contribution is 6.14. The summed E-state index contributed by atoms with van der Waals surface area (Å²) in [6.07, 6.45) is 4.32. The SMILES string of the molecule is [2H]C([2H])([2H])c1cccc2c1c1cccc3c1c1n2c(-c2c(CC(C)C)cccc2CC(C)C)c[n+]1C3. The van der Waals surface area contributed by atoms with Crippen molar-refractivity contribution in [2.24, 2.45) is 11.8 Å². The first-order valence-corrected chi connectivity index (χ1v) is 12.2. The van der Waals surface area contributed by atoms with Gasteiger partial charge in [-0.1, -0.05) is 76.2 Å². The molecule has 3 aromatic carbocycles. The maximum absolute atomic E-state index is 8.33. The number of benzene rings is 3. The summed E-state index contributed by atoms with van der Waals surface area (Å²) in [6.45, 7) is 7.71. The predicted octanol–water partition coefficient (Wildman–Crippen LogP) is 7.27. The highest BCUT2D eigenvalue weighted by atomic mass is 15.1. The molecule has 2 nitrogen and oxygen atoms in total. The Labute approximate surface area is 200 Å². The summed E-state index contributed by atoms with van der Waals surface area (Å²) in [7, 11) is 0. The van der Waals surface area contributed by atoms with Gasteiger partial charge >= 0.3 is 0 Å². The molecule has 0 N–H and O–H groups in total. The van der Waals surface area contributed by atoms with E-state index in [-0.39, 0.29) is 0 Å². The van der Waals surface area contributed by atoms with Crippen molar-refractivity contribution < 1.29 is 8.68 Å². The van der Waals surface area contributed by atoms with Gasteiger partial charge in [-0.15, -0.1) is 0 Å². The third-order valence-corrected chi connectivity index (χ3v) is 7.02. The molecule has 5 aromatic rings. The van der Waals surface area contributed by atoms with Crippen LogP contribution in [0.15, 0.2) is 60.8 Å². The molecule has 6 rings (SSSR count). The fraction of sp³-hybridized carbons (Fsp3) is 0.323. The summed E-state index contributed by atoms with van der Waals surface area (Å²) in [5, 5.41) is 3.06. The smallest absolute Gasteiger partial charge is 0.225 e. The molecule has 33 heavy (non-hydrogen) atoms. The second-order valence-corrected chi connectivity index (χ2v) is 10.5. The van der Waals surface area contributed by atoms with E-state index < -0.39 is 6.85 Å². The first kappa shape index (κ1) is 17.4. The highest BCUT2D eigenvalue weighted by Crippen LogP contribution is 2.40. The molecular weight excluding hydrogens is 400 g/mol. The molecule has 2 heteroatoms. The van der Waals surface area contributed by atoms with Crippen molar-refractivity contribution in [1.29, 1.82) is 0 Å². The molecule has 3 heterocycles. The van der Waals surface area contributed by atoms with Crippen molar-refractivity contribution in [3.05, 3.63) is 83.0 Å². The molecule has 0 atom stereocenters. The van der Waals surface area contributed by atoms with Gasteiger partial charge in [0.25, 0.3) is 5.65 Å². The number of nitrogens with zero attached hydrogens (tertiary/aromatic N) is 2. The zero-order chi connectivity index (χ0) is 25.4. The van der Waals surface area contributed by atoms with E-state index >= 15 is 0 Å². The average molecular weight is 437 g/mol. The Hall–Kier alpha value is -3.13. The molecule has 0 unspecified atom stereocenters. The van der Waals surface area contributed by atoms with Crippen LogP contribution in [0.3, 0.4) is 0 Å². The van der Waals surface area contributed by atoms with Crippen LogP contribution in [0.25, 0.3) is 38.6 Å². The Kier molecular flexibility index (Phi) is 3.92. The van der Waals surface area contributed by atoms with Gasteiger partial charge in [0.2, 0.25) is 0 Å². The van der Waals surface area contributed by atoms with Crippen LogP contribution in [0.4, 0.5) is 0 Å². The molecule has 0 aliphatic carbocycles. The fourth-order valence-electron chi connectivity index (χ4n) is 5.90. The van der Waals surface area contributed by atoms with Gasteiger partial charge in [-0.3, -0.25) is 0 Å². The van der Waals surface area contributed by atoms with Gasteiger partial charge in [0.05, 0.1) is 5.39 Å². The van der Waals surface area contributed by atoms with Gasteiger partial charge in [-0.25, -0.2) is 4.57 Å². The first-order chi connectivity index (χ1) is 17.1. The normalized spacial score (nSPS) is 14.8. The van der Waals surface area contributed by atoms with Gasteiger partial charge in [0.15, 0.2) is 5.69 Å². The van der Waals surface area contributed by atoms with Crippen molar-refractivity contribution in [1.82, 2.24) is 4.40 Å². The minimum atomic E-state index is -2.19. The monoisotopic (exact) mass is 436 g/mol. The van der Waals surface area contributed by atoms with Gasteiger partial charge < -0.3 is 0 Å². The second-order valence-electron chi connectivity index (χ2n) is 10.5. The van der Waals surface area contributed by atoms with Crippen molar-refractivity contribution in [2.45, 2.75) is 53.9 Å². The van der Waals surface area contributed by atoms with E-state index in [1.54, 1.807) is 6.07 Å². The molecule has 0 saturated heterocycles. The van der Waals surface area contributed by atoms with Gasteiger partial charge in [0.1, 0.15) is 18.3 Å². The summed E-state index contributed by atoms with van der Waals surface area (Å²) >= 11 is 0. The zero-order valence-electron chi connectivity index (χ0n) is 22.9. The number of imidazole rings is 1.